The largest absolute Gasteiger partial charge is 0.427 e. The molecule has 0 amide bonds. The third-order valence-electron chi connectivity index (χ3n) is 13.5. The van der Waals surface area contributed by atoms with Crippen molar-refractivity contribution >= 4 is 17.2 Å². The summed E-state index contributed by atoms with van der Waals surface area (Å²) in [5, 5.41) is 0. The molecule has 2 heterocycles. The smallest absolute Gasteiger partial charge is 0.397 e. The first-order chi connectivity index (χ1) is 29.2. The number of hydrogen-bond donors (Lipinski definition) is 0. The average molecular weight is 855 g/mol. The lowest BCUT2D eigenvalue weighted by Crippen LogP contribution is -2.45. The zero-order chi connectivity index (χ0) is 42.9. The van der Waals surface area contributed by atoms with E-state index in [1.54, 1.807) is 0 Å². The van der Waals surface area contributed by atoms with Crippen LogP contribution >= 0.6 is 17.2 Å². The second kappa shape index (κ2) is 17.6. The van der Waals surface area contributed by atoms with Gasteiger partial charge in [-0.1, -0.05) is 195 Å². The minimum Gasteiger partial charge on any atom is -0.427 e. The third-order valence-corrected chi connectivity index (χ3v) is 15.6. The van der Waals surface area contributed by atoms with Gasteiger partial charge in [0, 0.05) is 21.8 Å². The van der Waals surface area contributed by atoms with E-state index in [0.29, 0.717) is 26.4 Å². The van der Waals surface area contributed by atoms with Crippen molar-refractivity contribution in [2.45, 2.75) is 83.5 Å². The van der Waals surface area contributed by atoms with Crippen LogP contribution in [0.4, 0.5) is 0 Å². The van der Waals surface area contributed by atoms with E-state index in [9.17, 15) is 0 Å². The van der Waals surface area contributed by atoms with Gasteiger partial charge in [-0.15, -0.1) is 0 Å². The number of allylic oxidation sites excluding steroid dienone is 3. The van der Waals surface area contributed by atoms with Gasteiger partial charge < -0.3 is 27.1 Å². The Hall–Kier alpha value is -4.12. The molecule has 0 N–H and O–H groups in total. The minimum atomic E-state index is -1.66. The molecule has 0 bridgehead atoms. The Balaban J connectivity index is 0.959. The zero-order valence-electron chi connectivity index (χ0n) is 36.9. The van der Waals surface area contributed by atoms with Crippen LogP contribution in [0, 0.1) is 11.3 Å². The highest BCUT2D eigenvalue weighted by molar-refractivity contribution is 7.42. The summed E-state index contributed by atoms with van der Waals surface area (Å²) in [4.78, 5) is 0. The van der Waals surface area contributed by atoms with Gasteiger partial charge in [0.15, 0.2) is 0 Å². The van der Waals surface area contributed by atoms with Gasteiger partial charge in [-0.3, -0.25) is 0 Å². The van der Waals surface area contributed by atoms with Gasteiger partial charge >= 0.3 is 17.2 Å². The fraction of sp³-hybridized carbons (Fsp3) is 0.358. The highest BCUT2D eigenvalue weighted by atomic mass is 31.2. The predicted molar refractivity (Wildman–Crippen MR) is 249 cm³/mol. The molecule has 2 aliphatic heterocycles. The molecule has 6 nitrogen and oxygen atoms in total. The van der Waals surface area contributed by atoms with Crippen molar-refractivity contribution in [3.8, 4) is 5.75 Å². The van der Waals surface area contributed by atoms with E-state index < -0.39 is 22.6 Å². The van der Waals surface area contributed by atoms with E-state index in [2.05, 4.69) is 207 Å². The molecule has 0 aromatic heterocycles. The molecule has 2 fully saturated rings. The van der Waals surface area contributed by atoms with Crippen molar-refractivity contribution in [3.05, 3.63) is 196 Å². The fourth-order valence-electron chi connectivity index (χ4n) is 8.82. The van der Waals surface area contributed by atoms with Gasteiger partial charge in [0.05, 0.1) is 31.8 Å². The van der Waals surface area contributed by atoms with Crippen LogP contribution in [-0.2, 0) is 44.3 Å². The van der Waals surface area contributed by atoms with E-state index in [1.807, 2.05) is 0 Å². The Morgan fingerprint density at radius 3 is 1.44 bits per heavy atom. The molecule has 1 unspecified atom stereocenters. The summed E-state index contributed by atoms with van der Waals surface area (Å²) in [5.41, 5.74) is 7.16. The van der Waals surface area contributed by atoms with Crippen molar-refractivity contribution in [2.24, 2.45) is 11.3 Å². The van der Waals surface area contributed by atoms with Gasteiger partial charge in [0.25, 0.3) is 0 Å². The summed E-state index contributed by atoms with van der Waals surface area (Å²) in [5.74, 6) is 1.86. The lowest BCUT2D eigenvalue weighted by atomic mass is 9.65. The van der Waals surface area contributed by atoms with Gasteiger partial charge in [0.2, 0.25) is 0 Å². The summed E-state index contributed by atoms with van der Waals surface area (Å²) >= 11 is 0. The van der Waals surface area contributed by atoms with Crippen LogP contribution in [0.3, 0.4) is 0 Å². The third kappa shape index (κ3) is 9.05. The Morgan fingerprint density at radius 1 is 0.492 bits per heavy atom. The van der Waals surface area contributed by atoms with E-state index >= 15 is 0 Å². The molecule has 1 atom stereocenters. The molecule has 318 valence electrons. The van der Waals surface area contributed by atoms with E-state index in [4.69, 9.17) is 27.1 Å². The highest BCUT2D eigenvalue weighted by Crippen LogP contribution is 2.56. The predicted octanol–water partition coefficient (Wildman–Crippen LogP) is 14.1. The number of hydrogen-bond acceptors (Lipinski definition) is 6. The van der Waals surface area contributed by atoms with Crippen LogP contribution in [-0.4, -0.2) is 26.4 Å². The Labute approximate surface area is 366 Å². The molecule has 8 rings (SSSR count). The van der Waals surface area contributed by atoms with Gasteiger partial charge in [-0.05, 0) is 63.3 Å². The summed E-state index contributed by atoms with van der Waals surface area (Å²) < 4.78 is 39.0. The molecular weight excluding hydrogens is 795 g/mol. The molecule has 1 aliphatic carbocycles. The second-order valence-electron chi connectivity index (χ2n) is 19.0. The zero-order valence-corrected chi connectivity index (χ0v) is 38.7. The van der Waals surface area contributed by atoms with Crippen LogP contribution in [0.25, 0.3) is 0 Å². The van der Waals surface area contributed by atoms with Crippen molar-refractivity contribution in [2.75, 3.05) is 26.4 Å². The van der Waals surface area contributed by atoms with Gasteiger partial charge in [-0.2, -0.15) is 0 Å². The van der Waals surface area contributed by atoms with Crippen LogP contribution < -0.4 is 4.52 Å². The average Bonchev–Trinajstić information content (AvgIpc) is 3.29. The van der Waals surface area contributed by atoms with E-state index in [1.165, 1.54) is 33.4 Å². The molecule has 2 saturated heterocycles. The van der Waals surface area contributed by atoms with Gasteiger partial charge in [-0.25, -0.2) is 0 Å². The number of rotatable bonds is 12. The monoisotopic (exact) mass is 854 g/mol. The van der Waals surface area contributed by atoms with Crippen LogP contribution in [0.5, 0.6) is 5.75 Å². The van der Waals surface area contributed by atoms with Crippen molar-refractivity contribution < 1.29 is 27.1 Å². The van der Waals surface area contributed by atoms with Crippen molar-refractivity contribution in [1.29, 1.82) is 0 Å². The molecule has 5 aromatic rings. The molecule has 1 spiro atoms. The maximum atomic E-state index is 6.71. The standard InChI is InChI=1S/C53H60O6P2/c1-49(2,39-21-13-9-14-22-39)43-29-31-47(45(33-43)51(5,6)41-25-17-11-18-26-41)58-60-54-35-53(36-55-60)37-56-61(57-38-53)59-48-32-30-44(50(3,4)40-23-15-10-16-24-40)34-46(48)52(7,8)42-27-19-12-20-28-42/h9-33,44H,34-38H2,1-8H3. The maximum Gasteiger partial charge on any atom is 0.397 e. The van der Waals surface area contributed by atoms with Crippen LogP contribution in [0.2, 0.25) is 0 Å². The second-order valence-corrected chi connectivity index (χ2v) is 21.3. The number of benzene rings is 5. The SMILES string of the molecule is CC(C)(C1=C(OP2OCC3(CO2)COP(Oc2ccc(C(C)(C)c4ccccc4)cc2C(C)(C)c2ccccc2)OC3)C=CC(C(C)(C)c2ccccc2)C1)c1ccccc1. The highest BCUT2D eigenvalue weighted by Gasteiger charge is 2.46. The Kier molecular flexibility index (Phi) is 12.5. The Morgan fingerprint density at radius 2 is 0.934 bits per heavy atom. The van der Waals surface area contributed by atoms with Gasteiger partial charge in [0.1, 0.15) is 11.5 Å². The summed E-state index contributed by atoms with van der Waals surface area (Å²) in [6.45, 7) is 19.9. The lowest BCUT2D eigenvalue weighted by Gasteiger charge is -2.43. The van der Waals surface area contributed by atoms with Crippen molar-refractivity contribution in [1.82, 2.24) is 0 Å². The van der Waals surface area contributed by atoms with Crippen LogP contribution in [0.15, 0.2) is 163 Å². The first-order valence-corrected chi connectivity index (χ1v) is 23.7. The molecule has 0 radical (unpaired) electrons. The molecule has 3 aliphatic rings. The molecule has 5 aromatic carbocycles. The molecule has 8 heteroatoms. The molecule has 0 saturated carbocycles. The maximum absolute atomic E-state index is 6.71. The van der Waals surface area contributed by atoms with E-state index in [0.717, 1.165) is 23.5 Å². The lowest BCUT2D eigenvalue weighted by molar-refractivity contribution is -0.0695. The minimum absolute atomic E-state index is 0.0800. The first kappa shape index (κ1) is 43.5. The van der Waals surface area contributed by atoms with Crippen molar-refractivity contribution in [3.63, 3.8) is 0 Å². The molecular formula is C53H60O6P2. The quantitative estimate of drug-likeness (QED) is 0.117. The summed E-state index contributed by atoms with van der Waals surface area (Å²) in [6, 6.07) is 49.3. The summed E-state index contributed by atoms with van der Waals surface area (Å²) in [7, 11) is -3.30. The fourth-order valence-corrected chi connectivity index (χ4v) is 11.3. The molecule has 61 heavy (non-hydrogen) atoms. The summed E-state index contributed by atoms with van der Waals surface area (Å²) in [6.07, 6.45) is 5.31. The first-order valence-electron chi connectivity index (χ1n) is 21.5. The topological polar surface area (TPSA) is 55.4 Å². The van der Waals surface area contributed by atoms with Crippen LogP contribution in [0.1, 0.15) is 95.2 Å². The Bertz CT molecular complexity index is 2300. The normalized spacial score (nSPS) is 22.6. The van der Waals surface area contributed by atoms with E-state index in [-0.39, 0.29) is 27.6 Å².